The van der Waals surface area contributed by atoms with E-state index in [1.54, 1.807) is 0 Å². The lowest BCUT2D eigenvalue weighted by Crippen LogP contribution is -2.10. The highest BCUT2D eigenvalue weighted by Gasteiger charge is 2.44. The Labute approximate surface area is 98.6 Å². The highest BCUT2D eigenvalue weighted by atomic mass is 79.9. The summed E-state index contributed by atoms with van der Waals surface area (Å²) in [5.74, 6) is 2.51. The zero-order valence-corrected chi connectivity index (χ0v) is 10.8. The predicted molar refractivity (Wildman–Crippen MR) is 68.1 cm³/mol. The van der Waals surface area contributed by atoms with Crippen LogP contribution in [0.1, 0.15) is 25.3 Å². The molecule has 1 aromatic carbocycles. The van der Waals surface area contributed by atoms with Crippen LogP contribution in [0.5, 0.6) is 0 Å². The molecule has 0 aliphatic heterocycles. The maximum atomic E-state index is 3.65. The molecule has 2 heteroatoms. The van der Waals surface area contributed by atoms with E-state index in [0.29, 0.717) is 5.41 Å². The molecule has 14 heavy (non-hydrogen) atoms. The zero-order chi connectivity index (χ0) is 10.0. The quantitative estimate of drug-likeness (QED) is 0.789. The van der Waals surface area contributed by atoms with Gasteiger partial charge in [0.15, 0.2) is 0 Å². The van der Waals surface area contributed by atoms with Crippen LogP contribution in [0.4, 0.5) is 0 Å². The summed E-state index contributed by atoms with van der Waals surface area (Å²) in [4.78, 5) is 0. The summed E-state index contributed by atoms with van der Waals surface area (Å²) in [5.41, 5.74) is 2.02. The van der Waals surface area contributed by atoms with Crippen LogP contribution in [0.2, 0.25) is 0 Å². The summed E-state index contributed by atoms with van der Waals surface area (Å²) in [5, 5.41) is 0. The van der Waals surface area contributed by atoms with E-state index < -0.39 is 0 Å². The first-order valence-corrected chi connectivity index (χ1v) is 7.06. The molecule has 76 valence electrons. The van der Waals surface area contributed by atoms with Gasteiger partial charge in [0.2, 0.25) is 0 Å². The third-order valence-electron chi connectivity index (χ3n) is 2.88. The van der Waals surface area contributed by atoms with Crippen molar-refractivity contribution in [3.05, 3.63) is 34.3 Å². The molecule has 0 aromatic heterocycles. The minimum Gasteiger partial charge on any atom is -0.161 e. The Balaban J connectivity index is 2.18. The van der Waals surface area contributed by atoms with E-state index >= 15 is 0 Å². The highest BCUT2D eigenvalue weighted by Crippen LogP contribution is 2.52. The molecule has 0 nitrogen and oxygen atoms in total. The van der Waals surface area contributed by atoms with Crippen LogP contribution < -0.4 is 0 Å². The summed E-state index contributed by atoms with van der Waals surface area (Å²) >= 11 is 5.71. The fourth-order valence-electron chi connectivity index (χ4n) is 1.83. The van der Waals surface area contributed by atoms with Crippen LogP contribution in [0.15, 0.2) is 28.7 Å². The lowest BCUT2D eigenvalue weighted by atomic mass is 9.98. The second-order valence-electron chi connectivity index (χ2n) is 3.90. The van der Waals surface area contributed by atoms with E-state index in [1.807, 2.05) is 0 Å². The molecule has 0 N–H and O–H groups in total. The molecule has 1 aliphatic carbocycles. The second-order valence-corrected chi connectivity index (χ2v) is 6.03. The van der Waals surface area contributed by atoms with Gasteiger partial charge in [0.1, 0.15) is 0 Å². The van der Waals surface area contributed by atoms with Crippen LogP contribution >= 0.6 is 27.7 Å². The van der Waals surface area contributed by atoms with Gasteiger partial charge in [-0.2, -0.15) is 11.8 Å². The van der Waals surface area contributed by atoms with Crippen molar-refractivity contribution in [1.29, 1.82) is 0 Å². The maximum absolute atomic E-state index is 3.65. The lowest BCUT2D eigenvalue weighted by Gasteiger charge is -2.16. The van der Waals surface area contributed by atoms with Crippen molar-refractivity contribution in [3.63, 3.8) is 0 Å². The number of rotatable bonds is 4. The average Bonchev–Trinajstić information content (AvgIpc) is 2.97. The minimum atomic E-state index is 0.501. The van der Waals surface area contributed by atoms with Gasteiger partial charge in [-0.05, 0) is 30.2 Å². The third-order valence-corrected chi connectivity index (χ3v) is 4.74. The number of thioether (sulfide) groups is 1. The van der Waals surface area contributed by atoms with E-state index in [9.17, 15) is 0 Å². The number of hydrogen-bond donors (Lipinski definition) is 0. The molecular weight excluding hydrogens is 256 g/mol. The van der Waals surface area contributed by atoms with Crippen LogP contribution in [0.3, 0.4) is 0 Å². The molecule has 0 heterocycles. The molecule has 2 rings (SSSR count). The van der Waals surface area contributed by atoms with Crippen LogP contribution in [-0.4, -0.2) is 11.5 Å². The number of benzene rings is 1. The molecular formula is C12H15BrS. The van der Waals surface area contributed by atoms with E-state index in [1.165, 1.54) is 34.4 Å². The molecule has 1 fully saturated rings. The van der Waals surface area contributed by atoms with Crippen molar-refractivity contribution in [1.82, 2.24) is 0 Å². The first-order chi connectivity index (χ1) is 6.78. The standard InChI is InChI=1S/C12H15BrS/c1-2-14-9-12(7-8-12)10-5-3-4-6-11(10)13/h3-6H,2,7-9H2,1H3. The molecule has 0 radical (unpaired) electrons. The van der Waals surface area contributed by atoms with Crippen molar-refractivity contribution >= 4 is 27.7 Å². The Morgan fingerprint density at radius 1 is 1.36 bits per heavy atom. The SMILES string of the molecule is CCSCC1(c2ccccc2Br)CC1. The predicted octanol–water partition coefficient (Wildman–Crippen LogP) is 4.23. The van der Waals surface area contributed by atoms with Gasteiger partial charge in [0.05, 0.1) is 0 Å². The zero-order valence-electron chi connectivity index (χ0n) is 8.42. The van der Waals surface area contributed by atoms with E-state index in [0.717, 1.165) is 0 Å². The fourth-order valence-corrected chi connectivity index (χ4v) is 3.58. The van der Waals surface area contributed by atoms with Crippen molar-refractivity contribution in [2.75, 3.05) is 11.5 Å². The normalized spacial score (nSPS) is 18.1. The smallest absolute Gasteiger partial charge is 0.0213 e. The Morgan fingerprint density at radius 2 is 2.07 bits per heavy atom. The molecule has 1 aromatic rings. The van der Waals surface area contributed by atoms with Gasteiger partial charge in [-0.3, -0.25) is 0 Å². The van der Waals surface area contributed by atoms with Crippen LogP contribution in [0.25, 0.3) is 0 Å². The number of hydrogen-bond acceptors (Lipinski definition) is 1. The van der Waals surface area contributed by atoms with Gasteiger partial charge in [-0.1, -0.05) is 41.1 Å². The fraction of sp³-hybridized carbons (Fsp3) is 0.500. The molecule has 0 amide bonds. The highest BCUT2D eigenvalue weighted by molar-refractivity contribution is 9.10. The molecule has 0 saturated heterocycles. The largest absolute Gasteiger partial charge is 0.161 e. The van der Waals surface area contributed by atoms with Crippen LogP contribution in [-0.2, 0) is 5.41 Å². The van der Waals surface area contributed by atoms with E-state index in [2.05, 4.69) is 58.9 Å². The topological polar surface area (TPSA) is 0 Å². The van der Waals surface area contributed by atoms with Gasteiger partial charge in [0, 0.05) is 15.6 Å². The monoisotopic (exact) mass is 270 g/mol. The average molecular weight is 271 g/mol. The Kier molecular flexibility index (Phi) is 3.23. The van der Waals surface area contributed by atoms with Gasteiger partial charge in [0.25, 0.3) is 0 Å². The lowest BCUT2D eigenvalue weighted by molar-refractivity contribution is 0.797. The Hall–Kier alpha value is 0.0500. The van der Waals surface area contributed by atoms with Gasteiger partial charge in [-0.25, -0.2) is 0 Å². The van der Waals surface area contributed by atoms with Gasteiger partial charge >= 0.3 is 0 Å². The van der Waals surface area contributed by atoms with Crippen molar-refractivity contribution in [2.24, 2.45) is 0 Å². The van der Waals surface area contributed by atoms with Gasteiger partial charge < -0.3 is 0 Å². The number of halogens is 1. The summed E-state index contributed by atoms with van der Waals surface area (Å²) in [6.07, 6.45) is 2.73. The molecule has 0 spiro atoms. The van der Waals surface area contributed by atoms with Gasteiger partial charge in [-0.15, -0.1) is 0 Å². The van der Waals surface area contributed by atoms with E-state index in [-0.39, 0.29) is 0 Å². The molecule has 0 unspecified atom stereocenters. The summed E-state index contributed by atoms with van der Waals surface area (Å²) < 4.78 is 1.29. The second kappa shape index (κ2) is 4.28. The maximum Gasteiger partial charge on any atom is 0.0213 e. The summed E-state index contributed by atoms with van der Waals surface area (Å²) in [6, 6.07) is 8.67. The van der Waals surface area contributed by atoms with Crippen molar-refractivity contribution in [3.8, 4) is 0 Å². The third kappa shape index (κ3) is 2.01. The molecule has 1 saturated carbocycles. The molecule has 0 bridgehead atoms. The first-order valence-electron chi connectivity index (χ1n) is 5.11. The summed E-state index contributed by atoms with van der Waals surface area (Å²) in [6.45, 7) is 2.24. The van der Waals surface area contributed by atoms with Crippen molar-refractivity contribution in [2.45, 2.75) is 25.2 Å². The minimum absolute atomic E-state index is 0.501. The first kappa shape index (κ1) is 10.6. The van der Waals surface area contributed by atoms with E-state index in [4.69, 9.17) is 0 Å². The molecule has 0 atom stereocenters. The summed E-state index contributed by atoms with van der Waals surface area (Å²) in [7, 11) is 0. The molecule has 1 aliphatic rings. The Bertz CT molecular complexity index is 318. The van der Waals surface area contributed by atoms with Crippen molar-refractivity contribution < 1.29 is 0 Å². The van der Waals surface area contributed by atoms with Crippen LogP contribution in [0, 0.1) is 0 Å². The Morgan fingerprint density at radius 3 is 2.64 bits per heavy atom.